The summed E-state index contributed by atoms with van der Waals surface area (Å²) in [6, 6.07) is 13.6. The quantitative estimate of drug-likeness (QED) is 0.648. The number of methoxy groups -OCH3 is 1. The molecule has 1 aromatic heterocycles. The van der Waals surface area contributed by atoms with Crippen LogP contribution in [0.3, 0.4) is 0 Å². The van der Waals surface area contributed by atoms with Crippen molar-refractivity contribution in [1.29, 1.82) is 0 Å². The van der Waals surface area contributed by atoms with E-state index in [4.69, 9.17) is 9.72 Å². The summed E-state index contributed by atoms with van der Waals surface area (Å²) in [4.78, 5) is 30.8. The van der Waals surface area contributed by atoms with E-state index in [1.54, 1.807) is 11.3 Å². The van der Waals surface area contributed by atoms with Crippen LogP contribution in [0.15, 0.2) is 42.5 Å². The lowest BCUT2D eigenvalue weighted by atomic mass is 10.2. The molecule has 1 saturated heterocycles. The molecule has 1 N–H and O–H groups in total. The zero-order chi connectivity index (χ0) is 20.4. The van der Waals surface area contributed by atoms with Gasteiger partial charge in [0.15, 0.2) is 0 Å². The van der Waals surface area contributed by atoms with Crippen LogP contribution in [0.2, 0.25) is 0 Å². The molecular formula is C22H23N3O3S. The van der Waals surface area contributed by atoms with E-state index >= 15 is 0 Å². The minimum absolute atomic E-state index is 0.135. The fourth-order valence-corrected chi connectivity index (χ4v) is 4.72. The number of thiazole rings is 1. The summed E-state index contributed by atoms with van der Waals surface area (Å²) in [7, 11) is 1.38. The first-order chi connectivity index (χ1) is 14.0. The van der Waals surface area contributed by atoms with Crippen LogP contribution >= 0.6 is 11.3 Å². The van der Waals surface area contributed by atoms with Crippen molar-refractivity contribution in [3.05, 3.63) is 48.0 Å². The Bertz CT molecular complexity index is 1050. The lowest BCUT2D eigenvalue weighted by Gasteiger charge is -2.21. The molecule has 2 heterocycles. The van der Waals surface area contributed by atoms with Crippen molar-refractivity contribution in [2.75, 3.05) is 25.5 Å². The highest BCUT2D eigenvalue weighted by Gasteiger charge is 2.32. The van der Waals surface area contributed by atoms with Gasteiger partial charge in [-0.2, -0.15) is 0 Å². The minimum atomic E-state index is -0.323. The second-order valence-electron chi connectivity index (χ2n) is 7.27. The van der Waals surface area contributed by atoms with E-state index in [1.807, 2.05) is 35.2 Å². The van der Waals surface area contributed by atoms with Gasteiger partial charge in [0.05, 0.1) is 23.9 Å². The highest BCUT2D eigenvalue weighted by molar-refractivity contribution is 7.21. The third-order valence-corrected chi connectivity index (χ3v) is 6.21. The van der Waals surface area contributed by atoms with Crippen LogP contribution in [0.5, 0.6) is 0 Å². The van der Waals surface area contributed by atoms with E-state index in [9.17, 15) is 9.59 Å². The second kappa shape index (κ2) is 8.31. The van der Waals surface area contributed by atoms with Crippen molar-refractivity contribution >= 4 is 39.1 Å². The van der Waals surface area contributed by atoms with E-state index in [1.165, 1.54) is 17.4 Å². The van der Waals surface area contributed by atoms with Crippen LogP contribution < -0.4 is 5.32 Å². The Morgan fingerprint density at radius 3 is 2.79 bits per heavy atom. The molecule has 0 saturated carbocycles. The molecule has 0 spiro atoms. The number of carbonyl (C=O) groups is 2. The number of aryl methyl sites for hydroxylation is 1. The monoisotopic (exact) mass is 409 g/mol. The van der Waals surface area contributed by atoms with Crippen molar-refractivity contribution in [3.8, 4) is 10.6 Å². The van der Waals surface area contributed by atoms with Gasteiger partial charge < -0.3 is 10.1 Å². The number of nitrogens with zero attached hydrogens (tertiary/aromatic N) is 2. The molecule has 4 rings (SSSR count). The van der Waals surface area contributed by atoms with Crippen molar-refractivity contribution in [3.63, 3.8) is 0 Å². The summed E-state index contributed by atoms with van der Waals surface area (Å²) in [5.74, 6) is -0.408. The van der Waals surface area contributed by atoms with Crippen LogP contribution in [0.4, 0.5) is 5.69 Å². The molecule has 1 amide bonds. The number of carbonyl (C=O) groups excluding carboxylic acids is 2. The minimum Gasteiger partial charge on any atom is -0.468 e. The molecule has 0 radical (unpaired) electrons. The van der Waals surface area contributed by atoms with E-state index in [-0.39, 0.29) is 24.5 Å². The van der Waals surface area contributed by atoms with Gasteiger partial charge in [0.2, 0.25) is 5.91 Å². The average molecular weight is 410 g/mol. The molecular weight excluding hydrogens is 386 g/mol. The zero-order valence-corrected chi connectivity index (χ0v) is 17.3. The number of amides is 1. The first kappa shape index (κ1) is 19.5. The number of nitrogens with one attached hydrogen (secondary N) is 1. The van der Waals surface area contributed by atoms with Crippen LogP contribution in [0.25, 0.3) is 20.8 Å². The van der Waals surface area contributed by atoms with Crippen LogP contribution in [0, 0.1) is 6.92 Å². The molecule has 1 unspecified atom stereocenters. The van der Waals surface area contributed by atoms with Gasteiger partial charge in [-0.15, -0.1) is 11.3 Å². The predicted octanol–water partition coefficient (Wildman–Crippen LogP) is 3.85. The predicted molar refractivity (Wildman–Crippen MR) is 115 cm³/mol. The maximum Gasteiger partial charge on any atom is 0.323 e. The van der Waals surface area contributed by atoms with Gasteiger partial charge in [0.1, 0.15) is 11.0 Å². The lowest BCUT2D eigenvalue weighted by molar-refractivity contribution is -0.146. The Kier molecular flexibility index (Phi) is 5.60. The smallest absolute Gasteiger partial charge is 0.323 e. The Balaban J connectivity index is 1.41. The van der Waals surface area contributed by atoms with Crippen LogP contribution in [0.1, 0.15) is 18.4 Å². The summed E-state index contributed by atoms with van der Waals surface area (Å²) in [6.45, 7) is 2.98. The van der Waals surface area contributed by atoms with Gasteiger partial charge in [-0.25, -0.2) is 4.98 Å². The fraction of sp³-hybridized carbons (Fsp3) is 0.318. The van der Waals surface area contributed by atoms with Gasteiger partial charge >= 0.3 is 5.97 Å². The molecule has 0 aliphatic carbocycles. The Morgan fingerprint density at radius 2 is 2.03 bits per heavy atom. The normalized spacial score (nSPS) is 16.8. The first-order valence-electron chi connectivity index (χ1n) is 9.63. The van der Waals surface area contributed by atoms with Gasteiger partial charge in [0.25, 0.3) is 0 Å². The number of fused-ring (bicyclic) bond motifs is 1. The number of hydrogen-bond donors (Lipinski definition) is 1. The number of esters is 1. The summed E-state index contributed by atoms with van der Waals surface area (Å²) < 4.78 is 6.00. The molecule has 1 atom stereocenters. The summed E-state index contributed by atoms with van der Waals surface area (Å²) in [5, 5.41) is 3.87. The highest BCUT2D eigenvalue weighted by atomic mass is 32.1. The van der Waals surface area contributed by atoms with Gasteiger partial charge in [-0.05, 0) is 68.3 Å². The van der Waals surface area contributed by atoms with Crippen molar-refractivity contribution in [1.82, 2.24) is 9.88 Å². The maximum atomic E-state index is 12.4. The number of aromatic nitrogens is 1. The van der Waals surface area contributed by atoms with E-state index < -0.39 is 0 Å². The number of anilines is 1. The molecule has 7 heteroatoms. The van der Waals surface area contributed by atoms with E-state index in [0.717, 1.165) is 41.2 Å². The SMILES string of the molecule is COC(=O)C1CCCN1CC(=O)Nc1ccc(-c2nc3ccc(C)cc3s2)cc1. The number of rotatable bonds is 5. The third kappa shape index (κ3) is 4.31. The molecule has 0 bridgehead atoms. The van der Waals surface area contributed by atoms with Crippen LogP contribution in [-0.2, 0) is 14.3 Å². The second-order valence-corrected chi connectivity index (χ2v) is 8.30. The molecule has 3 aromatic rings. The van der Waals surface area contributed by atoms with E-state index in [2.05, 4.69) is 24.4 Å². The molecule has 29 heavy (non-hydrogen) atoms. The summed E-state index contributed by atoms with van der Waals surface area (Å²) >= 11 is 1.66. The lowest BCUT2D eigenvalue weighted by Crippen LogP contribution is -2.41. The highest BCUT2D eigenvalue weighted by Crippen LogP contribution is 2.31. The summed E-state index contributed by atoms with van der Waals surface area (Å²) in [5.41, 5.74) is 3.97. The molecule has 1 aliphatic rings. The molecule has 1 aliphatic heterocycles. The summed E-state index contributed by atoms with van der Waals surface area (Å²) in [6.07, 6.45) is 1.62. The number of hydrogen-bond acceptors (Lipinski definition) is 6. The Morgan fingerprint density at radius 1 is 1.24 bits per heavy atom. The third-order valence-electron chi connectivity index (χ3n) is 5.14. The van der Waals surface area contributed by atoms with Crippen molar-refractivity contribution < 1.29 is 14.3 Å². The van der Waals surface area contributed by atoms with Gasteiger partial charge in [-0.1, -0.05) is 6.07 Å². The van der Waals surface area contributed by atoms with Crippen molar-refractivity contribution in [2.45, 2.75) is 25.8 Å². The zero-order valence-electron chi connectivity index (χ0n) is 16.5. The molecule has 1 fully saturated rings. The largest absolute Gasteiger partial charge is 0.468 e. The number of ether oxygens (including phenoxy) is 1. The topological polar surface area (TPSA) is 71.5 Å². The maximum absolute atomic E-state index is 12.4. The van der Waals surface area contributed by atoms with Crippen LogP contribution in [-0.4, -0.2) is 48.0 Å². The number of benzene rings is 2. The molecule has 2 aromatic carbocycles. The van der Waals surface area contributed by atoms with Gasteiger partial charge in [0, 0.05) is 11.3 Å². The fourth-order valence-electron chi connectivity index (χ4n) is 3.65. The standard InChI is InChI=1S/C22H23N3O3S/c1-14-5-10-17-19(12-14)29-21(24-17)15-6-8-16(9-7-15)23-20(26)13-25-11-3-4-18(25)22(27)28-2/h5-10,12,18H,3-4,11,13H2,1-2H3,(H,23,26). The Labute approximate surface area is 173 Å². The first-order valence-corrected chi connectivity index (χ1v) is 10.4. The van der Waals surface area contributed by atoms with E-state index in [0.29, 0.717) is 0 Å². The van der Waals surface area contributed by atoms with Gasteiger partial charge in [-0.3, -0.25) is 14.5 Å². The molecule has 150 valence electrons. The number of likely N-dealkylation sites (tertiary alicyclic amines) is 1. The molecule has 6 nitrogen and oxygen atoms in total. The van der Waals surface area contributed by atoms with Crippen molar-refractivity contribution in [2.24, 2.45) is 0 Å². The average Bonchev–Trinajstić information content (AvgIpc) is 3.34. The Hall–Kier alpha value is -2.77.